The van der Waals surface area contributed by atoms with Crippen LogP contribution in [-0.4, -0.2) is 83.1 Å². The Kier molecular flexibility index (Phi) is 10.3. The molecule has 8 nitrogen and oxygen atoms in total. The number of hydrogen-bond donors (Lipinski definition) is 1. The van der Waals surface area contributed by atoms with Gasteiger partial charge in [-0.3, -0.25) is 19.2 Å². The molecule has 0 spiro atoms. The third kappa shape index (κ3) is 7.71. The molecule has 0 aliphatic carbocycles. The van der Waals surface area contributed by atoms with Gasteiger partial charge in [-0.25, -0.2) is 0 Å². The minimum absolute atomic E-state index is 0.00793. The molecule has 0 unspecified atom stereocenters. The molecule has 214 valence electrons. The highest BCUT2D eigenvalue weighted by atomic mass is 16.2. The van der Waals surface area contributed by atoms with Crippen LogP contribution in [0.5, 0.6) is 0 Å². The van der Waals surface area contributed by atoms with Gasteiger partial charge in [0.2, 0.25) is 0 Å². The average Bonchev–Trinajstić information content (AvgIpc) is 2.95. The van der Waals surface area contributed by atoms with Gasteiger partial charge in [-0.1, -0.05) is 74.5 Å². The van der Waals surface area contributed by atoms with Gasteiger partial charge in [0.15, 0.2) is 0 Å². The fraction of sp³-hybridized carbons (Fsp3) is 0.500. The smallest absolute Gasteiger partial charge is 0.312 e. The molecular weight excluding hydrogens is 504 g/mol. The van der Waals surface area contributed by atoms with Crippen molar-refractivity contribution in [2.75, 3.05) is 32.7 Å². The monoisotopic (exact) mass is 546 g/mol. The zero-order valence-corrected chi connectivity index (χ0v) is 23.8. The molecule has 0 saturated carbocycles. The Morgan fingerprint density at radius 2 is 1.30 bits per heavy atom. The number of piperazine rings is 2. The molecule has 0 bridgehead atoms. The Labute approximate surface area is 237 Å². The number of carbonyl (C=O) groups is 4. The van der Waals surface area contributed by atoms with Gasteiger partial charge in [-0.2, -0.15) is 0 Å². The fourth-order valence-corrected chi connectivity index (χ4v) is 5.79. The van der Waals surface area contributed by atoms with Crippen LogP contribution in [0.3, 0.4) is 0 Å². The maximum Gasteiger partial charge on any atom is 0.312 e. The van der Waals surface area contributed by atoms with Crippen molar-refractivity contribution in [2.45, 2.75) is 64.5 Å². The number of benzene rings is 2. The maximum atomic E-state index is 13.2. The van der Waals surface area contributed by atoms with E-state index in [-0.39, 0.29) is 12.1 Å². The summed E-state index contributed by atoms with van der Waals surface area (Å²) in [5, 5.41) is 2.72. The van der Waals surface area contributed by atoms with Crippen molar-refractivity contribution in [3.63, 3.8) is 0 Å². The lowest BCUT2D eigenvalue weighted by Crippen LogP contribution is -2.60. The molecule has 4 rings (SSSR count). The van der Waals surface area contributed by atoms with E-state index in [0.717, 1.165) is 43.2 Å². The predicted molar refractivity (Wildman–Crippen MR) is 154 cm³/mol. The highest BCUT2D eigenvalue weighted by Gasteiger charge is 2.39. The minimum Gasteiger partial charge on any atom is -0.346 e. The first-order valence-corrected chi connectivity index (χ1v) is 14.6. The van der Waals surface area contributed by atoms with Crippen LogP contribution >= 0.6 is 0 Å². The Morgan fingerprint density at radius 1 is 0.725 bits per heavy atom. The zero-order valence-electron chi connectivity index (χ0n) is 23.8. The summed E-state index contributed by atoms with van der Waals surface area (Å²) in [6.07, 6.45) is 4.54. The highest BCUT2D eigenvalue weighted by Crippen LogP contribution is 2.21. The number of hydrogen-bond acceptors (Lipinski definition) is 4. The van der Waals surface area contributed by atoms with Gasteiger partial charge >= 0.3 is 23.6 Å². The van der Waals surface area contributed by atoms with E-state index in [1.165, 1.54) is 0 Å². The van der Waals surface area contributed by atoms with Crippen molar-refractivity contribution in [3.05, 3.63) is 71.8 Å². The molecule has 0 radical (unpaired) electrons. The number of unbranched alkanes of at least 4 members (excludes halogenated alkanes) is 1. The normalized spacial score (nSPS) is 19.9. The Bertz CT molecular complexity index is 1150. The average molecular weight is 547 g/mol. The van der Waals surface area contributed by atoms with Crippen LogP contribution in [0.15, 0.2) is 60.7 Å². The molecule has 2 aliphatic rings. The summed E-state index contributed by atoms with van der Waals surface area (Å²) >= 11 is 0. The van der Waals surface area contributed by atoms with Crippen LogP contribution in [0.2, 0.25) is 0 Å². The molecule has 2 fully saturated rings. The molecule has 2 aromatic rings. The van der Waals surface area contributed by atoms with Gasteiger partial charge in [-0.05, 0) is 55.6 Å². The zero-order chi connectivity index (χ0) is 28.5. The summed E-state index contributed by atoms with van der Waals surface area (Å²) in [4.78, 5) is 56.1. The van der Waals surface area contributed by atoms with Crippen molar-refractivity contribution in [3.8, 4) is 0 Å². The lowest BCUT2D eigenvalue weighted by molar-refractivity contribution is -0.159. The van der Waals surface area contributed by atoms with E-state index in [4.69, 9.17) is 0 Å². The molecule has 2 aliphatic heterocycles. The summed E-state index contributed by atoms with van der Waals surface area (Å²) in [7, 11) is 0. The van der Waals surface area contributed by atoms with Gasteiger partial charge in [0.05, 0.1) is 6.04 Å². The van der Waals surface area contributed by atoms with Gasteiger partial charge < -0.3 is 20.0 Å². The second-order valence-corrected chi connectivity index (χ2v) is 11.4. The second-order valence-electron chi connectivity index (χ2n) is 11.4. The molecule has 40 heavy (non-hydrogen) atoms. The van der Waals surface area contributed by atoms with E-state index in [9.17, 15) is 19.2 Å². The molecule has 4 amide bonds. The maximum absolute atomic E-state index is 13.2. The van der Waals surface area contributed by atoms with Crippen molar-refractivity contribution in [2.24, 2.45) is 5.92 Å². The first-order chi connectivity index (χ1) is 19.3. The lowest BCUT2D eigenvalue weighted by atomic mass is 9.98. The van der Waals surface area contributed by atoms with Crippen molar-refractivity contribution in [1.29, 1.82) is 0 Å². The Balaban J connectivity index is 1.30. The molecule has 2 atom stereocenters. The van der Waals surface area contributed by atoms with E-state index in [1.54, 1.807) is 14.7 Å². The SMILES string of the molecule is CC(C)C[C@H]1CN(CCCC[C@H]2CNC(=O)C(=O)N2CCc2ccccc2)C(=O)C(=O)N1CCc1ccccc1. The number of nitrogens with zero attached hydrogens (tertiary/aromatic N) is 3. The van der Waals surface area contributed by atoms with Crippen LogP contribution in [-0.2, 0) is 32.0 Å². The summed E-state index contributed by atoms with van der Waals surface area (Å²) < 4.78 is 0. The molecule has 0 aromatic heterocycles. The lowest BCUT2D eigenvalue weighted by Gasteiger charge is -2.41. The van der Waals surface area contributed by atoms with Gasteiger partial charge in [0.25, 0.3) is 0 Å². The number of amides is 4. The van der Waals surface area contributed by atoms with Crippen LogP contribution in [0.4, 0.5) is 0 Å². The third-order valence-electron chi connectivity index (χ3n) is 7.92. The van der Waals surface area contributed by atoms with Crippen LogP contribution in [0.25, 0.3) is 0 Å². The van der Waals surface area contributed by atoms with Crippen molar-refractivity contribution >= 4 is 23.6 Å². The molecule has 2 aromatic carbocycles. The molecule has 1 N–H and O–H groups in total. The fourth-order valence-electron chi connectivity index (χ4n) is 5.79. The third-order valence-corrected chi connectivity index (χ3v) is 7.92. The second kappa shape index (κ2) is 14.1. The van der Waals surface area contributed by atoms with Crippen molar-refractivity contribution in [1.82, 2.24) is 20.0 Å². The van der Waals surface area contributed by atoms with Gasteiger partial charge in [0.1, 0.15) is 0 Å². The summed E-state index contributed by atoms with van der Waals surface area (Å²) in [6, 6.07) is 19.9. The van der Waals surface area contributed by atoms with Crippen molar-refractivity contribution < 1.29 is 19.2 Å². The van der Waals surface area contributed by atoms with Crippen LogP contribution in [0, 0.1) is 5.92 Å². The summed E-state index contributed by atoms with van der Waals surface area (Å²) in [6.45, 7) is 6.84. The van der Waals surface area contributed by atoms with E-state index < -0.39 is 23.6 Å². The number of carbonyl (C=O) groups excluding carboxylic acids is 4. The summed E-state index contributed by atoms with van der Waals surface area (Å²) in [5.74, 6) is -1.43. The largest absolute Gasteiger partial charge is 0.346 e. The Hall–Kier alpha value is -3.68. The van der Waals surface area contributed by atoms with E-state index in [2.05, 4.69) is 19.2 Å². The minimum atomic E-state index is -0.547. The Morgan fingerprint density at radius 3 is 1.88 bits per heavy atom. The molecule has 2 heterocycles. The quantitative estimate of drug-likeness (QED) is 0.309. The van der Waals surface area contributed by atoms with E-state index >= 15 is 0 Å². The standard InChI is InChI=1S/C32H42N4O4/c1-24(2)21-28-23-34(31(39)32(40)36(28)20-17-26-13-7-4-8-14-26)18-10-9-15-27-22-33-29(37)30(38)35(27)19-16-25-11-5-3-6-12-25/h3-8,11-14,24,27-28H,9-10,15-23H2,1-2H3,(H,33,37)/t27-,28-/m0/s1. The van der Waals surface area contributed by atoms with Crippen LogP contribution < -0.4 is 5.32 Å². The predicted octanol–water partition coefficient (Wildman–Crippen LogP) is 3.05. The van der Waals surface area contributed by atoms with E-state index in [1.807, 2.05) is 60.7 Å². The summed E-state index contributed by atoms with van der Waals surface area (Å²) in [5.41, 5.74) is 2.28. The highest BCUT2D eigenvalue weighted by molar-refractivity contribution is 6.36. The van der Waals surface area contributed by atoms with Gasteiger partial charge in [-0.15, -0.1) is 0 Å². The topological polar surface area (TPSA) is 90.0 Å². The molecule has 2 saturated heterocycles. The van der Waals surface area contributed by atoms with Crippen LogP contribution in [0.1, 0.15) is 50.7 Å². The molecule has 8 heteroatoms. The first kappa shape index (κ1) is 29.3. The first-order valence-electron chi connectivity index (χ1n) is 14.6. The number of nitrogens with one attached hydrogen (secondary N) is 1. The number of rotatable bonds is 13. The van der Waals surface area contributed by atoms with E-state index in [0.29, 0.717) is 45.1 Å². The van der Waals surface area contributed by atoms with Gasteiger partial charge in [0, 0.05) is 38.8 Å². The molecular formula is C32H42N4O4.